The molecule has 68 valence electrons. The third-order valence-electron chi connectivity index (χ3n) is 1.56. The molecule has 0 bridgehead atoms. The Balaban J connectivity index is 2.57. The molecular formula is C8H15N3S. The second-order valence-corrected chi connectivity index (χ2v) is 4.61. The van der Waals surface area contributed by atoms with Gasteiger partial charge in [-0.15, -0.1) is 0 Å². The summed E-state index contributed by atoms with van der Waals surface area (Å²) in [5.74, 6) is 1.59. The number of rotatable bonds is 3. The van der Waals surface area contributed by atoms with Crippen molar-refractivity contribution in [3.05, 3.63) is 11.8 Å². The second-order valence-electron chi connectivity index (χ2n) is 3.04. The lowest BCUT2D eigenvalue weighted by atomic mass is 10.5. The van der Waals surface area contributed by atoms with Gasteiger partial charge in [-0.2, -0.15) is 16.9 Å². The van der Waals surface area contributed by atoms with Gasteiger partial charge in [-0.3, -0.25) is 4.68 Å². The van der Waals surface area contributed by atoms with Crippen LogP contribution >= 0.6 is 11.8 Å². The number of aromatic nitrogens is 2. The average molecular weight is 185 g/mol. The molecule has 0 aliphatic heterocycles. The van der Waals surface area contributed by atoms with Crippen LogP contribution < -0.4 is 5.73 Å². The van der Waals surface area contributed by atoms with Crippen LogP contribution in [0.1, 0.15) is 19.5 Å². The third kappa shape index (κ3) is 2.44. The molecule has 1 heterocycles. The number of nitrogens with zero attached hydrogens (tertiary/aromatic N) is 2. The first kappa shape index (κ1) is 9.45. The summed E-state index contributed by atoms with van der Waals surface area (Å²) in [7, 11) is 1.92. The molecule has 0 radical (unpaired) electrons. The molecule has 1 aromatic heterocycles. The molecule has 12 heavy (non-hydrogen) atoms. The summed E-state index contributed by atoms with van der Waals surface area (Å²) in [6.07, 6.45) is 0. The van der Waals surface area contributed by atoms with Crippen molar-refractivity contribution >= 4 is 17.6 Å². The van der Waals surface area contributed by atoms with Crippen LogP contribution in [0.25, 0.3) is 0 Å². The molecule has 0 aliphatic rings. The number of nitrogens with two attached hydrogens (primary N) is 1. The number of aryl methyl sites for hydroxylation is 1. The van der Waals surface area contributed by atoms with Gasteiger partial charge in [-0.05, 0) is 5.25 Å². The highest BCUT2D eigenvalue weighted by molar-refractivity contribution is 7.99. The Morgan fingerprint density at radius 3 is 2.75 bits per heavy atom. The van der Waals surface area contributed by atoms with E-state index in [0.29, 0.717) is 11.1 Å². The van der Waals surface area contributed by atoms with Gasteiger partial charge in [0.1, 0.15) is 5.82 Å². The van der Waals surface area contributed by atoms with Crippen LogP contribution in [0, 0.1) is 0 Å². The molecule has 4 heteroatoms. The average Bonchev–Trinajstić information content (AvgIpc) is 2.26. The molecule has 0 amide bonds. The Morgan fingerprint density at radius 1 is 1.67 bits per heavy atom. The minimum atomic E-state index is 0.608. The molecule has 0 aliphatic carbocycles. The fourth-order valence-corrected chi connectivity index (χ4v) is 1.69. The summed E-state index contributed by atoms with van der Waals surface area (Å²) in [6, 6.07) is 1.93. The van der Waals surface area contributed by atoms with Crippen molar-refractivity contribution < 1.29 is 0 Å². The smallest absolute Gasteiger partial charge is 0.145 e. The topological polar surface area (TPSA) is 43.8 Å². The lowest BCUT2D eigenvalue weighted by Crippen LogP contribution is -1.98. The Hall–Kier alpha value is -0.640. The van der Waals surface area contributed by atoms with E-state index in [4.69, 9.17) is 5.73 Å². The third-order valence-corrected chi connectivity index (χ3v) is 2.69. The van der Waals surface area contributed by atoms with Gasteiger partial charge in [-0.25, -0.2) is 0 Å². The van der Waals surface area contributed by atoms with Crippen LogP contribution in [0.3, 0.4) is 0 Å². The molecule has 1 rings (SSSR count). The molecular weight excluding hydrogens is 170 g/mol. The second kappa shape index (κ2) is 3.85. The zero-order valence-electron chi connectivity index (χ0n) is 7.74. The van der Waals surface area contributed by atoms with E-state index in [1.807, 2.05) is 29.6 Å². The van der Waals surface area contributed by atoms with E-state index in [2.05, 4.69) is 18.9 Å². The predicted octanol–water partition coefficient (Wildman–Crippen LogP) is 1.64. The van der Waals surface area contributed by atoms with E-state index in [0.717, 1.165) is 5.75 Å². The molecule has 1 aromatic rings. The van der Waals surface area contributed by atoms with Crippen molar-refractivity contribution in [2.45, 2.75) is 24.9 Å². The zero-order valence-corrected chi connectivity index (χ0v) is 8.56. The van der Waals surface area contributed by atoms with Crippen molar-refractivity contribution in [2.24, 2.45) is 7.05 Å². The summed E-state index contributed by atoms with van der Waals surface area (Å²) in [5.41, 5.74) is 6.73. The largest absolute Gasteiger partial charge is 0.382 e. The molecule has 3 nitrogen and oxygen atoms in total. The number of nitrogen functional groups attached to an aromatic ring is 1. The number of hydrogen-bond donors (Lipinski definition) is 1. The Morgan fingerprint density at radius 2 is 2.33 bits per heavy atom. The van der Waals surface area contributed by atoms with Gasteiger partial charge in [0.15, 0.2) is 0 Å². The van der Waals surface area contributed by atoms with E-state index in [9.17, 15) is 0 Å². The van der Waals surface area contributed by atoms with Gasteiger partial charge in [-0.1, -0.05) is 13.8 Å². The van der Waals surface area contributed by atoms with Crippen molar-refractivity contribution in [3.8, 4) is 0 Å². The Bertz CT molecular complexity index is 255. The van der Waals surface area contributed by atoms with Gasteiger partial charge in [0.25, 0.3) is 0 Å². The van der Waals surface area contributed by atoms with Gasteiger partial charge in [0, 0.05) is 18.9 Å². The fourth-order valence-electron chi connectivity index (χ4n) is 0.918. The molecule has 0 atom stereocenters. The maximum Gasteiger partial charge on any atom is 0.145 e. The van der Waals surface area contributed by atoms with E-state index < -0.39 is 0 Å². The van der Waals surface area contributed by atoms with E-state index in [1.54, 1.807) is 0 Å². The van der Waals surface area contributed by atoms with Crippen molar-refractivity contribution in [2.75, 3.05) is 5.73 Å². The van der Waals surface area contributed by atoms with Crippen molar-refractivity contribution in [1.82, 2.24) is 9.78 Å². The first-order valence-electron chi connectivity index (χ1n) is 3.99. The van der Waals surface area contributed by atoms with Crippen molar-refractivity contribution in [1.29, 1.82) is 0 Å². The van der Waals surface area contributed by atoms with E-state index in [-0.39, 0.29) is 0 Å². The maximum atomic E-state index is 5.54. The highest BCUT2D eigenvalue weighted by atomic mass is 32.2. The summed E-state index contributed by atoms with van der Waals surface area (Å²) >= 11 is 1.90. The number of hydrogen-bond acceptors (Lipinski definition) is 3. The van der Waals surface area contributed by atoms with Gasteiger partial charge < -0.3 is 5.73 Å². The summed E-state index contributed by atoms with van der Waals surface area (Å²) in [5, 5.41) is 4.72. The van der Waals surface area contributed by atoms with Gasteiger partial charge in [0.2, 0.25) is 0 Å². The van der Waals surface area contributed by atoms with Crippen LogP contribution in [0.2, 0.25) is 0 Å². The van der Waals surface area contributed by atoms with E-state index in [1.165, 1.54) is 5.69 Å². The zero-order chi connectivity index (χ0) is 9.14. The maximum absolute atomic E-state index is 5.54. The molecule has 0 aromatic carbocycles. The first-order valence-corrected chi connectivity index (χ1v) is 5.04. The van der Waals surface area contributed by atoms with Crippen LogP contribution in [0.5, 0.6) is 0 Å². The summed E-state index contributed by atoms with van der Waals surface area (Å²) < 4.78 is 1.84. The first-order chi connectivity index (χ1) is 5.59. The Kier molecular flexibility index (Phi) is 3.03. The van der Waals surface area contributed by atoms with Crippen LogP contribution in [-0.2, 0) is 12.8 Å². The predicted molar refractivity (Wildman–Crippen MR) is 54.1 cm³/mol. The van der Waals surface area contributed by atoms with Crippen LogP contribution in [-0.4, -0.2) is 15.0 Å². The normalized spacial score (nSPS) is 11.0. The molecule has 0 unspecified atom stereocenters. The van der Waals surface area contributed by atoms with Crippen LogP contribution in [0.4, 0.5) is 5.82 Å². The van der Waals surface area contributed by atoms with E-state index >= 15 is 0 Å². The summed E-state index contributed by atoms with van der Waals surface area (Å²) in [4.78, 5) is 0. The lowest BCUT2D eigenvalue weighted by Gasteiger charge is -2.03. The minimum absolute atomic E-state index is 0.608. The molecule has 0 fully saturated rings. The monoisotopic (exact) mass is 185 g/mol. The van der Waals surface area contributed by atoms with Gasteiger partial charge in [0.05, 0.1) is 5.69 Å². The minimum Gasteiger partial charge on any atom is -0.382 e. The summed E-state index contributed by atoms with van der Waals surface area (Å²) in [6.45, 7) is 4.37. The van der Waals surface area contributed by atoms with Crippen LogP contribution in [0.15, 0.2) is 6.07 Å². The lowest BCUT2D eigenvalue weighted by molar-refractivity contribution is 0.739. The number of anilines is 1. The van der Waals surface area contributed by atoms with Gasteiger partial charge >= 0.3 is 0 Å². The molecule has 0 saturated heterocycles. The quantitative estimate of drug-likeness (QED) is 0.778. The fraction of sp³-hybridized carbons (Fsp3) is 0.625. The highest BCUT2D eigenvalue weighted by Gasteiger charge is 2.03. The Labute approximate surface area is 77.3 Å². The molecule has 2 N–H and O–H groups in total. The molecule has 0 spiro atoms. The van der Waals surface area contributed by atoms with Crippen molar-refractivity contribution in [3.63, 3.8) is 0 Å². The standard InChI is InChI=1S/C8H15N3S/c1-6(2)12-5-7-4-8(9)10-11(7)3/h4,6H,5H2,1-3H3,(H2,9,10). The highest BCUT2D eigenvalue weighted by Crippen LogP contribution is 2.17. The number of thioether (sulfide) groups is 1. The molecule has 0 saturated carbocycles. The SMILES string of the molecule is CC(C)SCc1cc(N)nn1C.